The van der Waals surface area contributed by atoms with Crippen molar-refractivity contribution in [2.45, 2.75) is 42.1 Å². The van der Waals surface area contributed by atoms with Crippen molar-refractivity contribution < 1.29 is 23.1 Å². The van der Waals surface area contributed by atoms with Gasteiger partial charge in [-0.15, -0.1) is 0 Å². The molecule has 0 unspecified atom stereocenters. The third-order valence-electron chi connectivity index (χ3n) is 5.53. The predicted octanol–water partition coefficient (Wildman–Crippen LogP) is 4.53. The molecule has 0 heterocycles. The Morgan fingerprint density at radius 1 is 0.971 bits per heavy atom. The molecule has 0 saturated carbocycles. The van der Waals surface area contributed by atoms with Crippen molar-refractivity contribution in [1.82, 2.24) is 5.32 Å². The molecule has 2 N–H and O–H groups in total. The summed E-state index contributed by atoms with van der Waals surface area (Å²) in [5.74, 6) is -0.301. The van der Waals surface area contributed by atoms with Crippen molar-refractivity contribution in [3.8, 4) is 0 Å². The molecule has 1 atom stereocenters. The molecular weight excluding hydrogens is 486 g/mol. The zero-order valence-corrected chi connectivity index (χ0v) is 21.2. The second-order valence-electron chi connectivity index (χ2n) is 8.12. The second kappa shape index (κ2) is 12.8. The van der Waals surface area contributed by atoms with Crippen molar-refractivity contribution in [3.05, 3.63) is 94.5 Å². The Labute approximate surface area is 211 Å². The van der Waals surface area contributed by atoms with Crippen LogP contribution in [0.4, 0.5) is 0 Å². The summed E-state index contributed by atoms with van der Waals surface area (Å²) in [5.41, 5.74) is 2.50. The Morgan fingerprint density at radius 3 is 2.43 bits per heavy atom. The van der Waals surface area contributed by atoms with Gasteiger partial charge in [0.25, 0.3) is 0 Å². The average Bonchev–Trinajstić information content (AvgIpc) is 2.86. The summed E-state index contributed by atoms with van der Waals surface area (Å²) in [5, 5.41) is 14.1. The van der Waals surface area contributed by atoms with Crippen LogP contribution in [0.2, 0.25) is 5.02 Å². The van der Waals surface area contributed by atoms with E-state index in [9.17, 15) is 18.3 Å². The van der Waals surface area contributed by atoms with E-state index >= 15 is 0 Å². The lowest BCUT2D eigenvalue weighted by atomic mass is 10.1. The lowest BCUT2D eigenvalue weighted by molar-refractivity contribution is -0.143. The smallest absolute Gasteiger partial charge is 0.306 e. The van der Waals surface area contributed by atoms with Gasteiger partial charge < -0.3 is 15.2 Å². The molecule has 0 spiro atoms. The van der Waals surface area contributed by atoms with Crippen molar-refractivity contribution in [2.24, 2.45) is 0 Å². The minimum Gasteiger partial charge on any atom is -0.466 e. The van der Waals surface area contributed by atoms with Gasteiger partial charge in [0.2, 0.25) is 9.84 Å². The molecule has 0 aliphatic heterocycles. The summed E-state index contributed by atoms with van der Waals surface area (Å²) in [4.78, 5) is 12.0. The molecule has 6 nitrogen and oxygen atoms in total. The molecule has 0 aliphatic rings. The van der Waals surface area contributed by atoms with Crippen LogP contribution in [0.1, 0.15) is 36.1 Å². The van der Waals surface area contributed by atoms with Crippen molar-refractivity contribution >= 4 is 27.4 Å². The van der Waals surface area contributed by atoms with Gasteiger partial charge in [0.05, 0.1) is 22.5 Å². The van der Waals surface area contributed by atoms with Crippen LogP contribution < -0.4 is 5.32 Å². The Kier molecular flexibility index (Phi) is 9.86. The summed E-state index contributed by atoms with van der Waals surface area (Å²) < 4.78 is 31.1. The number of ether oxygens (including phenoxy) is 1. The van der Waals surface area contributed by atoms with Gasteiger partial charge in [-0.2, -0.15) is 0 Å². The fourth-order valence-electron chi connectivity index (χ4n) is 3.62. The van der Waals surface area contributed by atoms with E-state index in [2.05, 4.69) is 5.32 Å². The van der Waals surface area contributed by atoms with E-state index in [1.54, 1.807) is 73.7 Å². The molecule has 3 aromatic carbocycles. The number of rotatable bonds is 12. The normalized spacial score (nSPS) is 12.3. The molecule has 0 bridgehead atoms. The Hall–Kier alpha value is -2.71. The number of aryl methyl sites for hydroxylation is 1. The molecule has 0 radical (unpaired) electrons. The van der Waals surface area contributed by atoms with Gasteiger partial charge in [-0.05, 0) is 79.4 Å². The molecule has 0 amide bonds. The highest BCUT2D eigenvalue weighted by atomic mass is 35.5. The van der Waals surface area contributed by atoms with Gasteiger partial charge in [-0.1, -0.05) is 48.0 Å². The van der Waals surface area contributed by atoms with Gasteiger partial charge in [0.1, 0.15) is 0 Å². The van der Waals surface area contributed by atoms with Crippen LogP contribution in [0.25, 0.3) is 0 Å². The molecular formula is C27H30ClNO5S. The van der Waals surface area contributed by atoms with Crippen LogP contribution in [-0.2, 0) is 32.2 Å². The molecule has 0 aliphatic carbocycles. The first-order chi connectivity index (χ1) is 16.8. The zero-order chi connectivity index (χ0) is 25.3. The van der Waals surface area contributed by atoms with Gasteiger partial charge >= 0.3 is 5.97 Å². The number of carbonyl (C=O) groups is 1. The van der Waals surface area contributed by atoms with Crippen LogP contribution >= 0.6 is 11.6 Å². The molecule has 3 aromatic rings. The van der Waals surface area contributed by atoms with Crippen molar-refractivity contribution in [3.63, 3.8) is 0 Å². The van der Waals surface area contributed by atoms with E-state index in [1.165, 1.54) is 0 Å². The van der Waals surface area contributed by atoms with Gasteiger partial charge in [-0.3, -0.25) is 4.79 Å². The first kappa shape index (κ1) is 26.9. The Bertz CT molecular complexity index is 1230. The first-order valence-corrected chi connectivity index (χ1v) is 13.4. The van der Waals surface area contributed by atoms with E-state index in [0.29, 0.717) is 37.6 Å². The fourth-order valence-corrected chi connectivity index (χ4v) is 5.15. The highest BCUT2D eigenvalue weighted by Crippen LogP contribution is 2.23. The Balaban J connectivity index is 1.54. The maximum absolute atomic E-state index is 13.1. The number of aliphatic hydroxyl groups excluding tert-OH is 1. The first-order valence-electron chi connectivity index (χ1n) is 11.5. The summed E-state index contributed by atoms with van der Waals surface area (Å²) in [6.07, 6.45) is 0.650. The number of sulfone groups is 1. The standard InChI is InChI=1S/C27H30ClNO5S/c1-2-34-27(31)14-11-21-5-3-8-25(17-21)35(32,33)24-12-9-20(10-13-24)15-16-29-19-26(30)22-6-4-7-23(28)18-22/h3-10,12-13,17-18,26,29-30H,2,11,14-16,19H2,1H3/t26-/m1/s1. The largest absolute Gasteiger partial charge is 0.466 e. The SMILES string of the molecule is CCOC(=O)CCc1cccc(S(=O)(=O)c2ccc(CCNC[C@@H](O)c3cccc(Cl)c3)cc2)c1. The Morgan fingerprint density at radius 2 is 1.71 bits per heavy atom. The molecule has 0 saturated heterocycles. The third-order valence-corrected chi connectivity index (χ3v) is 7.53. The molecule has 8 heteroatoms. The van der Waals surface area contributed by atoms with Crippen LogP contribution in [0.5, 0.6) is 0 Å². The van der Waals surface area contributed by atoms with E-state index in [1.807, 2.05) is 6.07 Å². The van der Waals surface area contributed by atoms with Crippen molar-refractivity contribution in [2.75, 3.05) is 19.7 Å². The maximum Gasteiger partial charge on any atom is 0.306 e. The van der Waals surface area contributed by atoms with Gasteiger partial charge in [0.15, 0.2) is 0 Å². The average molecular weight is 516 g/mol. The monoisotopic (exact) mass is 515 g/mol. The lowest BCUT2D eigenvalue weighted by Gasteiger charge is -2.13. The second-order valence-corrected chi connectivity index (χ2v) is 10.5. The molecule has 186 valence electrons. The highest BCUT2D eigenvalue weighted by molar-refractivity contribution is 7.91. The van der Waals surface area contributed by atoms with E-state index in [0.717, 1.165) is 16.7 Å². The number of hydrogen-bond donors (Lipinski definition) is 2. The van der Waals surface area contributed by atoms with Gasteiger partial charge in [0, 0.05) is 18.0 Å². The zero-order valence-electron chi connectivity index (χ0n) is 19.6. The highest BCUT2D eigenvalue weighted by Gasteiger charge is 2.18. The molecule has 3 rings (SSSR count). The summed E-state index contributed by atoms with van der Waals surface area (Å²) in [6, 6.07) is 20.6. The molecule has 0 aromatic heterocycles. The van der Waals surface area contributed by atoms with Gasteiger partial charge in [-0.25, -0.2) is 8.42 Å². The topological polar surface area (TPSA) is 92.7 Å². The molecule has 35 heavy (non-hydrogen) atoms. The third kappa shape index (κ3) is 7.90. The lowest BCUT2D eigenvalue weighted by Crippen LogP contribution is -2.23. The van der Waals surface area contributed by atoms with Crippen molar-refractivity contribution in [1.29, 1.82) is 0 Å². The maximum atomic E-state index is 13.1. The van der Waals surface area contributed by atoms with Crippen LogP contribution in [0.15, 0.2) is 82.6 Å². The molecule has 0 fully saturated rings. The fraction of sp³-hybridized carbons (Fsp3) is 0.296. The quantitative estimate of drug-likeness (QED) is 0.272. The summed E-state index contributed by atoms with van der Waals surface area (Å²) >= 11 is 5.97. The van der Waals surface area contributed by atoms with Crippen LogP contribution in [0.3, 0.4) is 0 Å². The minimum absolute atomic E-state index is 0.197. The minimum atomic E-state index is -3.67. The van der Waals surface area contributed by atoms with E-state index in [4.69, 9.17) is 16.3 Å². The number of carbonyl (C=O) groups excluding carboxylic acids is 1. The van der Waals surface area contributed by atoms with Crippen LogP contribution in [0, 0.1) is 0 Å². The predicted molar refractivity (Wildman–Crippen MR) is 136 cm³/mol. The number of hydrogen-bond acceptors (Lipinski definition) is 6. The number of benzene rings is 3. The van der Waals surface area contributed by atoms with Crippen LogP contribution in [-0.4, -0.2) is 39.2 Å². The summed E-state index contributed by atoms with van der Waals surface area (Å²) in [7, 11) is -3.67. The van der Waals surface area contributed by atoms with E-state index < -0.39 is 15.9 Å². The number of esters is 1. The summed E-state index contributed by atoms with van der Waals surface area (Å²) in [6.45, 7) is 3.09. The number of aliphatic hydroxyl groups is 1. The number of nitrogens with one attached hydrogen (secondary N) is 1. The number of halogens is 1. The van der Waals surface area contributed by atoms with E-state index in [-0.39, 0.29) is 22.2 Å².